The van der Waals surface area contributed by atoms with Crippen molar-refractivity contribution in [1.29, 1.82) is 0 Å². The maximum Gasteiger partial charge on any atom is 0.312 e. The highest BCUT2D eigenvalue weighted by atomic mass is 16.7. The van der Waals surface area contributed by atoms with Crippen molar-refractivity contribution >= 4 is 17.9 Å². The molecule has 0 spiro atoms. The summed E-state index contributed by atoms with van der Waals surface area (Å²) in [6.45, 7) is 12.9. The van der Waals surface area contributed by atoms with Crippen molar-refractivity contribution < 1.29 is 43.5 Å². The minimum absolute atomic E-state index is 0.00774. The predicted molar refractivity (Wildman–Crippen MR) is 199 cm³/mol. The fourth-order valence-electron chi connectivity index (χ4n) is 14.4. The molecule has 8 saturated carbocycles. The summed E-state index contributed by atoms with van der Waals surface area (Å²) in [5, 5.41) is 23.8. The highest BCUT2D eigenvalue weighted by Gasteiger charge is 2.66. The largest absolute Gasteiger partial charge is 0.463 e. The summed E-state index contributed by atoms with van der Waals surface area (Å²) >= 11 is 0. The van der Waals surface area contributed by atoms with Crippen LogP contribution >= 0.6 is 0 Å². The lowest BCUT2D eigenvalue weighted by Gasteiger charge is -2.63. The molecule has 0 aliphatic heterocycles. The van der Waals surface area contributed by atoms with Gasteiger partial charge in [0.1, 0.15) is 12.7 Å². The van der Waals surface area contributed by atoms with Crippen LogP contribution in [0.15, 0.2) is 0 Å². The average molecular weight is 743 g/mol. The fraction of sp³-hybridized carbons (Fsp3) is 0.932. The molecule has 8 aliphatic carbocycles. The van der Waals surface area contributed by atoms with Gasteiger partial charge in [-0.05, 0) is 167 Å². The molecule has 0 aromatic carbocycles. The summed E-state index contributed by atoms with van der Waals surface area (Å²) in [6, 6.07) is 0. The van der Waals surface area contributed by atoms with E-state index in [1.54, 1.807) is 6.92 Å². The number of carbonyl (C=O) groups excluding carboxylic acids is 3. The zero-order chi connectivity index (χ0) is 37.9. The van der Waals surface area contributed by atoms with Gasteiger partial charge < -0.3 is 29.2 Å². The zero-order valence-corrected chi connectivity index (χ0v) is 33.6. The summed E-state index contributed by atoms with van der Waals surface area (Å²) in [5.41, 5.74) is -0.590. The molecule has 2 N–H and O–H groups in total. The van der Waals surface area contributed by atoms with E-state index in [1.165, 1.54) is 19.3 Å². The van der Waals surface area contributed by atoms with Crippen LogP contribution in [-0.4, -0.2) is 65.9 Å². The predicted octanol–water partition coefficient (Wildman–Crippen LogP) is 7.63. The highest BCUT2D eigenvalue weighted by Crippen LogP contribution is 2.68. The van der Waals surface area contributed by atoms with Crippen LogP contribution in [0.3, 0.4) is 0 Å². The Labute approximate surface area is 318 Å². The first-order valence-electron chi connectivity index (χ1n) is 21.7. The van der Waals surface area contributed by atoms with E-state index in [-0.39, 0.29) is 101 Å². The van der Waals surface area contributed by atoms with Gasteiger partial charge in [-0.1, -0.05) is 34.6 Å². The van der Waals surface area contributed by atoms with Gasteiger partial charge in [-0.3, -0.25) is 14.4 Å². The average Bonchev–Trinajstić information content (AvgIpc) is 3.47. The lowest BCUT2D eigenvalue weighted by atomic mass is 9.43. The molecule has 53 heavy (non-hydrogen) atoms. The van der Waals surface area contributed by atoms with E-state index in [1.807, 2.05) is 13.8 Å². The van der Waals surface area contributed by atoms with E-state index < -0.39 is 18.5 Å². The molecule has 300 valence electrons. The molecular formula is C44H70O9. The van der Waals surface area contributed by atoms with Gasteiger partial charge in [0, 0.05) is 6.42 Å². The molecule has 13 atom stereocenters. The van der Waals surface area contributed by atoms with Crippen LogP contribution in [0.1, 0.15) is 144 Å². The van der Waals surface area contributed by atoms with Gasteiger partial charge in [0.15, 0.2) is 6.29 Å². The van der Waals surface area contributed by atoms with Crippen molar-refractivity contribution in [3.8, 4) is 0 Å². The van der Waals surface area contributed by atoms with Crippen LogP contribution in [0, 0.1) is 75.4 Å². The van der Waals surface area contributed by atoms with Crippen LogP contribution in [0.5, 0.6) is 0 Å². The van der Waals surface area contributed by atoms with Crippen molar-refractivity contribution in [3.05, 3.63) is 0 Å². The van der Waals surface area contributed by atoms with E-state index in [2.05, 4.69) is 20.8 Å². The Balaban J connectivity index is 0.866. The smallest absolute Gasteiger partial charge is 0.312 e. The second-order valence-corrected chi connectivity index (χ2v) is 20.0. The third-order valence-corrected chi connectivity index (χ3v) is 17.0. The van der Waals surface area contributed by atoms with Crippen LogP contribution in [0.25, 0.3) is 0 Å². The molecule has 0 saturated heterocycles. The molecule has 0 aromatic heterocycles. The third kappa shape index (κ3) is 7.35. The van der Waals surface area contributed by atoms with E-state index in [0.717, 1.165) is 64.2 Å². The van der Waals surface area contributed by atoms with Crippen molar-refractivity contribution in [1.82, 2.24) is 0 Å². The summed E-state index contributed by atoms with van der Waals surface area (Å²) in [4.78, 5) is 38.6. The molecule has 0 aromatic rings. The molecule has 8 fully saturated rings. The fourth-order valence-corrected chi connectivity index (χ4v) is 14.4. The quantitative estimate of drug-likeness (QED) is 0.0848. The molecule has 8 rings (SSSR count). The maximum absolute atomic E-state index is 13.1. The molecule has 9 nitrogen and oxygen atoms in total. The summed E-state index contributed by atoms with van der Waals surface area (Å²) in [7, 11) is 0. The number of fused-ring (bicyclic) bond motifs is 5. The number of rotatable bonds is 13. The number of esters is 3. The van der Waals surface area contributed by atoms with Gasteiger partial charge in [0.2, 0.25) is 0 Å². The number of carbonyl (C=O) groups is 3. The van der Waals surface area contributed by atoms with Gasteiger partial charge in [0.05, 0.1) is 30.1 Å². The second-order valence-electron chi connectivity index (χ2n) is 20.0. The van der Waals surface area contributed by atoms with E-state index in [0.29, 0.717) is 30.6 Å². The Morgan fingerprint density at radius 3 is 2.17 bits per heavy atom. The number of aliphatic hydroxyl groups excluding tert-OH is 2. The van der Waals surface area contributed by atoms with Gasteiger partial charge in [-0.25, -0.2) is 0 Å². The first kappa shape index (κ1) is 39.5. The first-order chi connectivity index (χ1) is 25.2. The first-order valence-corrected chi connectivity index (χ1v) is 21.7. The third-order valence-electron chi connectivity index (χ3n) is 17.0. The summed E-state index contributed by atoms with van der Waals surface area (Å²) < 4.78 is 23.0. The van der Waals surface area contributed by atoms with Crippen LogP contribution in [0.4, 0.5) is 0 Å². The number of ether oxygens (including phenoxy) is 4. The SMILES string of the molecule is CCC(C)C(=O)OC1CCC2(C)C(C1)CC(O)C1C2CC(O)C2(C)C(C(C)CCC(=O)OC(C)OCCOC(=O)C34CC5CC(CC(C5)C3)C4)CCC12. The molecule has 13 unspecified atom stereocenters. The van der Waals surface area contributed by atoms with Gasteiger partial charge >= 0.3 is 17.9 Å². The Morgan fingerprint density at radius 2 is 1.51 bits per heavy atom. The minimum atomic E-state index is -0.721. The van der Waals surface area contributed by atoms with E-state index in [9.17, 15) is 24.6 Å². The number of hydrogen-bond acceptors (Lipinski definition) is 9. The van der Waals surface area contributed by atoms with Crippen molar-refractivity contribution in [3.63, 3.8) is 0 Å². The van der Waals surface area contributed by atoms with Crippen molar-refractivity contribution in [2.45, 2.75) is 169 Å². The molecule has 9 heteroatoms. The van der Waals surface area contributed by atoms with Crippen molar-refractivity contribution in [2.75, 3.05) is 13.2 Å². The standard InChI is InChI=1S/C44H70O9/c1-7-25(2)40(48)53-32-12-13-42(5)31(19-32)20-36(45)39-34-10-9-33(43(34,6)37(46)21-35(39)42)26(3)8-11-38(47)52-27(4)50-14-15-51-41(49)44-22-28-16-29(23-44)18-30(17-28)24-44/h25-37,39,45-46H,7-24H2,1-6H3. The molecular weight excluding hydrogens is 672 g/mol. The lowest BCUT2D eigenvalue weighted by molar-refractivity contribution is -0.210. The van der Waals surface area contributed by atoms with Crippen LogP contribution in [0.2, 0.25) is 0 Å². The van der Waals surface area contributed by atoms with Crippen LogP contribution in [-0.2, 0) is 33.3 Å². The van der Waals surface area contributed by atoms with Gasteiger partial charge in [-0.15, -0.1) is 0 Å². The lowest BCUT2D eigenvalue weighted by Crippen LogP contribution is -2.62. The molecule has 8 aliphatic rings. The zero-order valence-electron chi connectivity index (χ0n) is 33.6. The molecule has 0 heterocycles. The van der Waals surface area contributed by atoms with Gasteiger partial charge in [-0.2, -0.15) is 0 Å². The Kier molecular flexibility index (Phi) is 11.4. The number of hydrogen-bond donors (Lipinski definition) is 2. The Bertz CT molecular complexity index is 1310. The Hall–Kier alpha value is -1.71. The minimum Gasteiger partial charge on any atom is -0.463 e. The topological polar surface area (TPSA) is 129 Å². The monoisotopic (exact) mass is 743 g/mol. The summed E-state index contributed by atoms with van der Waals surface area (Å²) in [6.07, 6.45) is 12.8. The van der Waals surface area contributed by atoms with E-state index in [4.69, 9.17) is 18.9 Å². The number of aliphatic hydroxyl groups is 2. The van der Waals surface area contributed by atoms with E-state index >= 15 is 0 Å². The molecule has 4 bridgehead atoms. The second kappa shape index (κ2) is 15.3. The van der Waals surface area contributed by atoms with Crippen LogP contribution < -0.4 is 0 Å². The molecule has 0 radical (unpaired) electrons. The van der Waals surface area contributed by atoms with Gasteiger partial charge in [0.25, 0.3) is 0 Å². The summed E-state index contributed by atoms with van der Waals surface area (Å²) in [5.74, 6) is 2.86. The van der Waals surface area contributed by atoms with Crippen molar-refractivity contribution in [2.24, 2.45) is 75.4 Å². The molecule has 0 amide bonds. The normalized spacial score (nSPS) is 45.6. The Morgan fingerprint density at radius 1 is 0.830 bits per heavy atom. The maximum atomic E-state index is 13.1. The highest BCUT2D eigenvalue weighted by molar-refractivity contribution is 5.77.